The minimum absolute atomic E-state index is 0.00576. The van der Waals surface area contributed by atoms with Gasteiger partial charge in [0.2, 0.25) is 10.0 Å². The first-order valence-electron chi connectivity index (χ1n) is 13.0. The summed E-state index contributed by atoms with van der Waals surface area (Å²) in [6.07, 6.45) is 8.21. The molecule has 2 saturated heterocycles. The topological polar surface area (TPSA) is 77.1 Å². The molecule has 7 nitrogen and oxygen atoms in total. The van der Waals surface area contributed by atoms with Gasteiger partial charge in [0.1, 0.15) is 16.9 Å². The van der Waals surface area contributed by atoms with E-state index in [2.05, 4.69) is 11.9 Å². The number of methoxy groups -OCH3 is 2. The quantitative estimate of drug-likeness (QED) is 0.320. The third-order valence-electron chi connectivity index (χ3n) is 7.57. The minimum atomic E-state index is -3.84. The number of allylic oxidation sites excluding steroid dienone is 4. The molecular weight excluding hydrogens is 514 g/mol. The number of benzene rings is 1. The largest absolute Gasteiger partial charge is 0.381 e. The predicted molar refractivity (Wildman–Crippen MR) is 144 cm³/mol. The van der Waals surface area contributed by atoms with Crippen molar-refractivity contribution in [2.24, 2.45) is 0 Å². The molecular formula is C28H40F2N2O5S. The standard InChI is InChI=1S/C28H40F2N2O5S/c1-6-8-9-21(7-2)26-11-10-20(3)32(38(26,33)34)19-22-16-25(30)23(17-24(22)29)28(12-14-37-15-13-28)31-18-27(35-4)36-5/h6-9,16-17,20,26-27,31H,2,10-15,18-19H2,1,3-5H3/b8-6-,21-9+/t20-,26+/m0/s1. The zero-order valence-electron chi connectivity index (χ0n) is 22.7. The van der Waals surface area contributed by atoms with Crippen molar-refractivity contribution in [3.63, 3.8) is 0 Å². The fraction of sp³-hybridized carbons (Fsp3) is 0.571. The maximum Gasteiger partial charge on any atom is 0.221 e. The second-order valence-corrected chi connectivity index (χ2v) is 11.9. The first kappa shape index (κ1) is 30.6. The van der Waals surface area contributed by atoms with Crippen LogP contribution in [0, 0.1) is 11.6 Å². The maximum absolute atomic E-state index is 15.7. The first-order valence-corrected chi connectivity index (χ1v) is 14.5. The number of nitrogens with one attached hydrogen (secondary N) is 1. The Hall–Kier alpha value is -1.95. The molecule has 1 aromatic carbocycles. The molecule has 0 amide bonds. The highest BCUT2D eigenvalue weighted by molar-refractivity contribution is 7.90. The van der Waals surface area contributed by atoms with E-state index in [1.165, 1.54) is 24.6 Å². The molecule has 0 spiro atoms. The lowest BCUT2D eigenvalue weighted by molar-refractivity contribution is -0.105. The molecule has 0 aromatic heterocycles. The summed E-state index contributed by atoms with van der Waals surface area (Å²) < 4.78 is 75.8. The van der Waals surface area contributed by atoms with Gasteiger partial charge in [-0.15, -0.1) is 0 Å². The molecule has 38 heavy (non-hydrogen) atoms. The van der Waals surface area contributed by atoms with Gasteiger partial charge in [0.15, 0.2) is 6.29 Å². The van der Waals surface area contributed by atoms with Gasteiger partial charge >= 0.3 is 0 Å². The number of halogens is 2. The Balaban J connectivity index is 1.93. The Kier molecular flexibility index (Phi) is 10.8. The lowest BCUT2D eigenvalue weighted by atomic mass is 9.81. The lowest BCUT2D eigenvalue weighted by Crippen LogP contribution is -2.50. The molecule has 1 N–H and O–H groups in total. The van der Waals surface area contributed by atoms with E-state index >= 15 is 8.78 Å². The van der Waals surface area contributed by atoms with Gasteiger partial charge in [-0.25, -0.2) is 17.2 Å². The molecule has 0 aliphatic carbocycles. The van der Waals surface area contributed by atoms with E-state index < -0.39 is 38.7 Å². The van der Waals surface area contributed by atoms with E-state index in [-0.39, 0.29) is 30.3 Å². The normalized spacial score (nSPS) is 24.2. The molecule has 2 aliphatic rings. The first-order chi connectivity index (χ1) is 18.1. The van der Waals surface area contributed by atoms with Gasteiger partial charge in [-0.1, -0.05) is 30.9 Å². The van der Waals surface area contributed by atoms with Crippen LogP contribution in [0.1, 0.15) is 50.7 Å². The van der Waals surface area contributed by atoms with Crippen LogP contribution in [0.5, 0.6) is 0 Å². The van der Waals surface area contributed by atoms with Gasteiger partial charge in [0, 0.05) is 57.7 Å². The average molecular weight is 555 g/mol. The third-order valence-corrected chi connectivity index (χ3v) is 9.94. The number of nitrogens with zero attached hydrogens (tertiary/aromatic N) is 1. The molecule has 0 saturated carbocycles. The summed E-state index contributed by atoms with van der Waals surface area (Å²) in [6.45, 7) is 8.21. The van der Waals surface area contributed by atoms with E-state index in [1.807, 2.05) is 13.0 Å². The minimum Gasteiger partial charge on any atom is -0.381 e. The van der Waals surface area contributed by atoms with E-state index in [0.29, 0.717) is 44.5 Å². The molecule has 0 bridgehead atoms. The van der Waals surface area contributed by atoms with E-state index in [4.69, 9.17) is 14.2 Å². The highest BCUT2D eigenvalue weighted by Gasteiger charge is 2.42. The van der Waals surface area contributed by atoms with Crippen LogP contribution in [-0.2, 0) is 36.3 Å². The van der Waals surface area contributed by atoms with Crippen LogP contribution >= 0.6 is 0 Å². The van der Waals surface area contributed by atoms with Gasteiger partial charge < -0.3 is 19.5 Å². The van der Waals surface area contributed by atoms with Crippen LogP contribution in [0.4, 0.5) is 8.78 Å². The van der Waals surface area contributed by atoms with Crippen LogP contribution in [-0.4, -0.2) is 64.3 Å². The van der Waals surface area contributed by atoms with Crippen molar-refractivity contribution in [1.29, 1.82) is 0 Å². The van der Waals surface area contributed by atoms with Crippen molar-refractivity contribution in [3.8, 4) is 0 Å². The van der Waals surface area contributed by atoms with Crippen LogP contribution < -0.4 is 5.32 Å². The number of hydrogen-bond donors (Lipinski definition) is 1. The highest BCUT2D eigenvalue weighted by atomic mass is 32.2. The second-order valence-electron chi connectivity index (χ2n) is 9.80. The molecule has 2 fully saturated rings. The molecule has 2 atom stereocenters. The maximum atomic E-state index is 15.7. The average Bonchev–Trinajstić information content (AvgIpc) is 2.90. The fourth-order valence-electron chi connectivity index (χ4n) is 5.24. The van der Waals surface area contributed by atoms with Crippen LogP contribution in [0.3, 0.4) is 0 Å². The molecule has 2 aliphatic heterocycles. The molecule has 3 rings (SSSR count). The third kappa shape index (κ3) is 6.60. The van der Waals surface area contributed by atoms with Crippen molar-refractivity contribution in [1.82, 2.24) is 9.62 Å². The molecule has 212 valence electrons. The van der Waals surface area contributed by atoms with Gasteiger partial charge in [-0.2, -0.15) is 4.31 Å². The Bertz CT molecular complexity index is 1130. The number of hydrogen-bond acceptors (Lipinski definition) is 6. The highest BCUT2D eigenvalue weighted by Crippen LogP contribution is 2.37. The summed E-state index contributed by atoms with van der Waals surface area (Å²) in [5.74, 6) is -1.25. The Morgan fingerprint density at radius 2 is 1.92 bits per heavy atom. The van der Waals surface area contributed by atoms with Gasteiger partial charge in [0.25, 0.3) is 0 Å². The summed E-state index contributed by atoms with van der Waals surface area (Å²) >= 11 is 0. The Labute approximate surface area is 225 Å². The summed E-state index contributed by atoms with van der Waals surface area (Å²) in [7, 11) is -0.816. The van der Waals surface area contributed by atoms with Gasteiger partial charge in [-0.3, -0.25) is 0 Å². The predicted octanol–water partition coefficient (Wildman–Crippen LogP) is 4.55. The number of rotatable bonds is 11. The van der Waals surface area contributed by atoms with E-state index in [0.717, 1.165) is 6.07 Å². The zero-order chi connectivity index (χ0) is 27.9. The van der Waals surface area contributed by atoms with Crippen molar-refractivity contribution in [2.45, 2.75) is 69.2 Å². The van der Waals surface area contributed by atoms with Gasteiger partial charge in [0.05, 0.1) is 5.54 Å². The van der Waals surface area contributed by atoms with Gasteiger partial charge in [-0.05, 0) is 57.2 Å². The van der Waals surface area contributed by atoms with E-state index in [1.54, 1.807) is 25.2 Å². The lowest BCUT2D eigenvalue weighted by Gasteiger charge is -2.40. The van der Waals surface area contributed by atoms with Crippen molar-refractivity contribution < 1.29 is 31.4 Å². The smallest absolute Gasteiger partial charge is 0.221 e. The van der Waals surface area contributed by atoms with Crippen LogP contribution in [0.15, 0.2) is 48.6 Å². The molecule has 0 radical (unpaired) electrons. The van der Waals surface area contributed by atoms with Crippen LogP contribution in [0.25, 0.3) is 0 Å². The summed E-state index contributed by atoms with van der Waals surface area (Å²) in [6, 6.07) is 1.97. The molecule has 1 aromatic rings. The SMILES string of the molecule is C=C/C(=C\C=C/C)[C@H]1CC[C@H](C)N(Cc2cc(F)c(C3(NCC(OC)OC)CCOCC3)cc2F)S1(=O)=O. The summed E-state index contributed by atoms with van der Waals surface area (Å²) in [4.78, 5) is 0. The van der Waals surface area contributed by atoms with E-state index in [9.17, 15) is 8.42 Å². The monoisotopic (exact) mass is 554 g/mol. The van der Waals surface area contributed by atoms with Crippen LogP contribution in [0.2, 0.25) is 0 Å². The molecule has 2 heterocycles. The summed E-state index contributed by atoms with van der Waals surface area (Å²) in [5, 5.41) is 2.53. The number of ether oxygens (including phenoxy) is 3. The molecule has 0 unspecified atom stereocenters. The zero-order valence-corrected chi connectivity index (χ0v) is 23.5. The van der Waals surface area contributed by atoms with Crippen molar-refractivity contribution in [3.05, 3.63) is 71.4 Å². The molecule has 10 heteroatoms. The van der Waals surface area contributed by atoms with Crippen molar-refractivity contribution >= 4 is 10.0 Å². The summed E-state index contributed by atoms with van der Waals surface area (Å²) in [5.41, 5.74) is -0.110. The fourth-order valence-corrected chi connectivity index (χ4v) is 7.45. The Morgan fingerprint density at radius 1 is 1.24 bits per heavy atom. The Morgan fingerprint density at radius 3 is 2.53 bits per heavy atom. The number of sulfonamides is 1. The second kappa shape index (κ2) is 13.4. The van der Waals surface area contributed by atoms with Crippen molar-refractivity contribution in [2.75, 3.05) is 34.0 Å².